The molecule has 0 N–H and O–H groups in total. The number of alkyl halides is 1. The Morgan fingerprint density at radius 1 is 1.36 bits per heavy atom. The van der Waals surface area contributed by atoms with E-state index in [2.05, 4.69) is 48.6 Å². The third-order valence-electron chi connectivity index (χ3n) is 1.70. The molecule has 0 nitrogen and oxygen atoms in total. The molecule has 0 radical (unpaired) electrons. The van der Waals surface area contributed by atoms with Crippen molar-refractivity contribution in [1.29, 1.82) is 0 Å². The first kappa shape index (κ1) is 9.33. The lowest BCUT2D eigenvalue weighted by Gasteiger charge is -2.05. The Kier molecular flexibility index (Phi) is 3.19. The Morgan fingerprint density at radius 3 is 2.45 bits per heavy atom. The molecule has 0 saturated carbocycles. The standard InChI is InChI=1S/C9H10ClI/c1-6-3-7(2)8(5-10)9(11)4-6/h3-4H,5H2,1-2H3. The van der Waals surface area contributed by atoms with Crippen molar-refractivity contribution in [2.75, 3.05) is 0 Å². The summed E-state index contributed by atoms with van der Waals surface area (Å²) in [5.41, 5.74) is 3.86. The van der Waals surface area contributed by atoms with E-state index < -0.39 is 0 Å². The fourth-order valence-electron chi connectivity index (χ4n) is 1.11. The molecule has 11 heavy (non-hydrogen) atoms. The molecular weight excluding hydrogens is 270 g/mol. The van der Waals surface area contributed by atoms with Crippen LogP contribution in [0.2, 0.25) is 0 Å². The zero-order chi connectivity index (χ0) is 8.43. The third-order valence-corrected chi connectivity index (χ3v) is 2.93. The summed E-state index contributed by atoms with van der Waals surface area (Å²) in [5, 5.41) is 0. The van der Waals surface area contributed by atoms with Crippen LogP contribution in [0, 0.1) is 17.4 Å². The van der Waals surface area contributed by atoms with Crippen molar-refractivity contribution in [3.8, 4) is 0 Å². The van der Waals surface area contributed by atoms with Crippen LogP contribution in [0.3, 0.4) is 0 Å². The van der Waals surface area contributed by atoms with Crippen molar-refractivity contribution < 1.29 is 0 Å². The summed E-state index contributed by atoms with van der Waals surface area (Å²) in [5.74, 6) is 0.615. The van der Waals surface area contributed by atoms with E-state index in [9.17, 15) is 0 Å². The van der Waals surface area contributed by atoms with Crippen LogP contribution < -0.4 is 0 Å². The highest BCUT2D eigenvalue weighted by Gasteiger charge is 2.02. The van der Waals surface area contributed by atoms with Crippen molar-refractivity contribution in [1.82, 2.24) is 0 Å². The Balaban J connectivity index is 3.25. The number of rotatable bonds is 1. The van der Waals surface area contributed by atoms with Gasteiger partial charge in [-0.2, -0.15) is 0 Å². The summed E-state index contributed by atoms with van der Waals surface area (Å²) in [4.78, 5) is 0. The maximum absolute atomic E-state index is 5.79. The minimum absolute atomic E-state index is 0.615. The molecule has 0 amide bonds. The molecule has 0 saturated heterocycles. The molecule has 0 spiro atoms. The number of hydrogen-bond acceptors (Lipinski definition) is 0. The average molecular weight is 281 g/mol. The van der Waals surface area contributed by atoms with Crippen LogP contribution in [0.25, 0.3) is 0 Å². The molecule has 0 unspecified atom stereocenters. The van der Waals surface area contributed by atoms with Gasteiger partial charge in [0.1, 0.15) is 0 Å². The molecule has 0 aliphatic heterocycles. The molecule has 2 heteroatoms. The van der Waals surface area contributed by atoms with Crippen LogP contribution in [-0.2, 0) is 5.88 Å². The van der Waals surface area contributed by atoms with Gasteiger partial charge < -0.3 is 0 Å². The first-order chi connectivity index (χ1) is 5.15. The van der Waals surface area contributed by atoms with Gasteiger partial charge in [-0.3, -0.25) is 0 Å². The Labute approximate surface area is 86.1 Å². The lowest BCUT2D eigenvalue weighted by atomic mass is 10.1. The summed E-state index contributed by atoms with van der Waals surface area (Å²) in [6.07, 6.45) is 0. The zero-order valence-corrected chi connectivity index (χ0v) is 9.53. The lowest BCUT2D eigenvalue weighted by molar-refractivity contribution is 1.24. The van der Waals surface area contributed by atoms with E-state index in [1.807, 2.05) is 0 Å². The van der Waals surface area contributed by atoms with Gasteiger partial charge in [0.25, 0.3) is 0 Å². The summed E-state index contributed by atoms with van der Waals surface area (Å²) in [6, 6.07) is 4.32. The zero-order valence-electron chi connectivity index (χ0n) is 6.62. The highest BCUT2D eigenvalue weighted by molar-refractivity contribution is 14.1. The van der Waals surface area contributed by atoms with Crippen LogP contribution >= 0.6 is 34.2 Å². The second-order valence-corrected chi connectivity index (χ2v) is 4.11. The van der Waals surface area contributed by atoms with Crippen molar-refractivity contribution in [2.45, 2.75) is 19.7 Å². The van der Waals surface area contributed by atoms with E-state index in [-0.39, 0.29) is 0 Å². The second-order valence-electron chi connectivity index (χ2n) is 2.68. The average Bonchev–Trinajstić information content (AvgIpc) is 1.85. The highest BCUT2D eigenvalue weighted by Crippen LogP contribution is 2.20. The highest BCUT2D eigenvalue weighted by atomic mass is 127. The Hall–Kier alpha value is 0.240. The van der Waals surface area contributed by atoms with Gasteiger partial charge in [-0.15, -0.1) is 11.6 Å². The van der Waals surface area contributed by atoms with Gasteiger partial charge in [0, 0.05) is 9.45 Å². The van der Waals surface area contributed by atoms with Crippen LogP contribution in [0.15, 0.2) is 12.1 Å². The number of benzene rings is 1. The molecule has 1 aromatic rings. The maximum Gasteiger partial charge on any atom is 0.0487 e. The molecule has 0 heterocycles. The fourth-order valence-corrected chi connectivity index (χ4v) is 2.80. The number of halogens is 2. The largest absolute Gasteiger partial charge is 0.121 e. The Morgan fingerprint density at radius 2 is 2.00 bits per heavy atom. The predicted molar refractivity (Wildman–Crippen MR) is 58.2 cm³/mol. The van der Waals surface area contributed by atoms with E-state index in [0.717, 1.165) is 0 Å². The monoisotopic (exact) mass is 280 g/mol. The topological polar surface area (TPSA) is 0 Å². The van der Waals surface area contributed by atoms with Crippen molar-refractivity contribution in [2.24, 2.45) is 0 Å². The van der Waals surface area contributed by atoms with E-state index >= 15 is 0 Å². The van der Waals surface area contributed by atoms with E-state index in [4.69, 9.17) is 11.6 Å². The molecule has 0 atom stereocenters. The molecule has 0 aliphatic carbocycles. The molecule has 0 bridgehead atoms. The van der Waals surface area contributed by atoms with E-state index in [1.54, 1.807) is 0 Å². The lowest BCUT2D eigenvalue weighted by Crippen LogP contribution is -1.90. The third kappa shape index (κ3) is 2.09. The summed E-state index contributed by atoms with van der Waals surface area (Å²) in [6.45, 7) is 4.21. The number of aryl methyl sites for hydroxylation is 2. The smallest absolute Gasteiger partial charge is 0.0487 e. The van der Waals surface area contributed by atoms with Gasteiger partial charge in [0.15, 0.2) is 0 Å². The van der Waals surface area contributed by atoms with Crippen LogP contribution in [0.5, 0.6) is 0 Å². The minimum atomic E-state index is 0.615. The first-order valence-corrected chi connectivity index (χ1v) is 5.08. The molecule has 1 aromatic carbocycles. The summed E-state index contributed by atoms with van der Waals surface area (Å²) < 4.78 is 1.27. The maximum atomic E-state index is 5.79. The first-order valence-electron chi connectivity index (χ1n) is 3.46. The minimum Gasteiger partial charge on any atom is -0.121 e. The van der Waals surface area contributed by atoms with Gasteiger partial charge in [-0.1, -0.05) is 6.07 Å². The van der Waals surface area contributed by atoms with Crippen LogP contribution in [0.1, 0.15) is 16.7 Å². The fraction of sp³-hybridized carbons (Fsp3) is 0.333. The van der Waals surface area contributed by atoms with Crippen molar-refractivity contribution in [3.05, 3.63) is 32.4 Å². The molecular formula is C9H10ClI. The second kappa shape index (κ2) is 3.76. The molecule has 0 aliphatic rings. The summed E-state index contributed by atoms with van der Waals surface area (Å²) >= 11 is 8.11. The van der Waals surface area contributed by atoms with Gasteiger partial charge in [0.05, 0.1) is 0 Å². The molecule has 0 aromatic heterocycles. The van der Waals surface area contributed by atoms with Gasteiger partial charge in [0.2, 0.25) is 0 Å². The predicted octanol–water partition coefficient (Wildman–Crippen LogP) is 3.65. The summed E-state index contributed by atoms with van der Waals surface area (Å²) in [7, 11) is 0. The van der Waals surface area contributed by atoms with Crippen molar-refractivity contribution >= 4 is 34.2 Å². The van der Waals surface area contributed by atoms with Crippen LogP contribution in [0.4, 0.5) is 0 Å². The Bertz CT molecular complexity index is 245. The van der Waals surface area contributed by atoms with Gasteiger partial charge in [-0.05, 0) is 59.2 Å². The van der Waals surface area contributed by atoms with Crippen molar-refractivity contribution in [3.63, 3.8) is 0 Å². The molecule has 60 valence electrons. The van der Waals surface area contributed by atoms with Gasteiger partial charge >= 0.3 is 0 Å². The van der Waals surface area contributed by atoms with E-state index in [0.29, 0.717) is 5.88 Å². The normalized spacial score (nSPS) is 10.2. The van der Waals surface area contributed by atoms with Crippen LogP contribution in [-0.4, -0.2) is 0 Å². The SMILES string of the molecule is Cc1cc(C)c(CCl)c(I)c1. The number of hydrogen-bond donors (Lipinski definition) is 0. The quantitative estimate of drug-likeness (QED) is 0.544. The van der Waals surface area contributed by atoms with Gasteiger partial charge in [-0.25, -0.2) is 0 Å². The molecule has 0 fully saturated rings. The molecule has 1 rings (SSSR count). The van der Waals surface area contributed by atoms with E-state index in [1.165, 1.54) is 20.3 Å².